The van der Waals surface area contributed by atoms with Crippen LogP contribution in [0.25, 0.3) is 0 Å². The van der Waals surface area contributed by atoms with Gasteiger partial charge in [0, 0.05) is 12.3 Å². The van der Waals surface area contributed by atoms with E-state index >= 15 is 0 Å². The second-order valence-corrected chi connectivity index (χ2v) is 4.77. The minimum atomic E-state index is -0.956. The number of hydrogen-bond acceptors (Lipinski definition) is 4. The number of anilines is 1. The molecule has 116 valence electrons. The average Bonchev–Trinajstić information content (AvgIpc) is 2.76. The van der Waals surface area contributed by atoms with Crippen molar-refractivity contribution in [2.45, 2.75) is 0 Å². The first-order valence-electron chi connectivity index (χ1n) is 6.53. The molecule has 0 spiro atoms. The molecule has 6 nitrogen and oxygen atoms in total. The van der Waals surface area contributed by atoms with Crippen molar-refractivity contribution in [1.82, 2.24) is 9.88 Å². The molecule has 0 fully saturated rings. The van der Waals surface area contributed by atoms with Crippen LogP contribution in [0.15, 0.2) is 36.5 Å². The van der Waals surface area contributed by atoms with Gasteiger partial charge in [-0.15, -0.1) is 0 Å². The van der Waals surface area contributed by atoms with Gasteiger partial charge in [-0.2, -0.15) is 0 Å². The minimum Gasteiger partial charge on any atom is -0.322 e. The number of hydrogen-bond donors (Lipinski definition) is 1. The summed E-state index contributed by atoms with van der Waals surface area (Å²) >= 11 is 0. The molecule has 1 aliphatic heterocycles. The van der Waals surface area contributed by atoms with Crippen molar-refractivity contribution >= 4 is 23.4 Å². The van der Waals surface area contributed by atoms with Gasteiger partial charge < -0.3 is 5.32 Å². The van der Waals surface area contributed by atoms with Crippen LogP contribution in [-0.4, -0.2) is 34.2 Å². The van der Waals surface area contributed by atoms with Crippen molar-refractivity contribution in [2.24, 2.45) is 0 Å². The second-order valence-electron chi connectivity index (χ2n) is 4.77. The Morgan fingerprint density at radius 3 is 2.65 bits per heavy atom. The van der Waals surface area contributed by atoms with E-state index in [9.17, 15) is 23.2 Å². The third kappa shape index (κ3) is 2.66. The number of imide groups is 1. The van der Waals surface area contributed by atoms with Crippen LogP contribution in [0.5, 0.6) is 0 Å². The number of halogens is 2. The van der Waals surface area contributed by atoms with Crippen molar-refractivity contribution in [3.8, 4) is 0 Å². The van der Waals surface area contributed by atoms with Crippen LogP contribution >= 0.6 is 0 Å². The molecule has 1 aromatic carbocycles. The molecular weight excluding hydrogens is 308 g/mol. The highest BCUT2D eigenvalue weighted by Gasteiger charge is 2.37. The van der Waals surface area contributed by atoms with Crippen molar-refractivity contribution in [3.05, 3.63) is 59.4 Å². The lowest BCUT2D eigenvalue weighted by Crippen LogP contribution is -2.37. The van der Waals surface area contributed by atoms with E-state index in [4.69, 9.17) is 0 Å². The standard InChI is InChI=1S/C15H9F2N3O3/c16-8-3-4-11(10(17)6-8)19-12(21)7-20-14(22)9-2-1-5-18-13(9)15(20)23/h1-6H,7H2,(H,19,21). The molecule has 23 heavy (non-hydrogen) atoms. The lowest BCUT2D eigenvalue weighted by Gasteiger charge is -2.13. The molecule has 1 aromatic heterocycles. The maximum Gasteiger partial charge on any atom is 0.280 e. The van der Waals surface area contributed by atoms with E-state index in [-0.39, 0.29) is 16.9 Å². The number of nitrogens with zero attached hydrogens (tertiary/aromatic N) is 2. The molecule has 0 aliphatic carbocycles. The minimum absolute atomic E-state index is 0.0294. The number of aromatic nitrogens is 1. The summed E-state index contributed by atoms with van der Waals surface area (Å²) in [4.78, 5) is 40.6. The van der Waals surface area contributed by atoms with Crippen LogP contribution in [0.3, 0.4) is 0 Å². The lowest BCUT2D eigenvalue weighted by molar-refractivity contribution is -0.116. The summed E-state index contributed by atoms with van der Waals surface area (Å²) < 4.78 is 26.3. The Balaban J connectivity index is 1.74. The molecule has 8 heteroatoms. The van der Waals surface area contributed by atoms with Gasteiger partial charge in [-0.05, 0) is 24.3 Å². The predicted octanol–water partition coefficient (Wildman–Crippen LogP) is 1.59. The maximum atomic E-state index is 13.5. The van der Waals surface area contributed by atoms with E-state index in [0.29, 0.717) is 11.0 Å². The van der Waals surface area contributed by atoms with E-state index in [1.807, 2.05) is 0 Å². The summed E-state index contributed by atoms with van der Waals surface area (Å²) in [5, 5.41) is 2.19. The Hall–Kier alpha value is -3.16. The number of pyridine rings is 1. The zero-order valence-corrected chi connectivity index (χ0v) is 11.5. The Morgan fingerprint density at radius 1 is 1.17 bits per heavy atom. The summed E-state index contributed by atoms with van der Waals surface area (Å²) in [6.45, 7) is -0.592. The van der Waals surface area contributed by atoms with Crippen LogP contribution in [0.1, 0.15) is 20.8 Å². The van der Waals surface area contributed by atoms with Gasteiger partial charge in [0.1, 0.15) is 23.9 Å². The van der Waals surface area contributed by atoms with Gasteiger partial charge in [-0.1, -0.05) is 0 Å². The van der Waals surface area contributed by atoms with E-state index in [1.165, 1.54) is 18.3 Å². The molecule has 1 aliphatic rings. The van der Waals surface area contributed by atoms with Gasteiger partial charge in [0.2, 0.25) is 5.91 Å². The molecule has 1 N–H and O–H groups in total. The molecule has 0 saturated carbocycles. The van der Waals surface area contributed by atoms with Crippen molar-refractivity contribution in [3.63, 3.8) is 0 Å². The van der Waals surface area contributed by atoms with Gasteiger partial charge in [-0.3, -0.25) is 24.3 Å². The Kier molecular flexibility index (Phi) is 3.57. The highest BCUT2D eigenvalue weighted by Crippen LogP contribution is 2.20. The molecule has 0 unspecified atom stereocenters. The summed E-state index contributed by atoms with van der Waals surface area (Å²) in [5.41, 5.74) is -0.164. The largest absolute Gasteiger partial charge is 0.322 e. The molecule has 2 heterocycles. The van der Waals surface area contributed by atoms with Crippen LogP contribution in [-0.2, 0) is 4.79 Å². The molecule has 0 atom stereocenters. The number of carbonyl (C=O) groups excluding carboxylic acids is 3. The number of nitrogens with one attached hydrogen (secondary N) is 1. The topological polar surface area (TPSA) is 79.4 Å². The highest BCUT2D eigenvalue weighted by atomic mass is 19.1. The zero-order chi connectivity index (χ0) is 16.6. The van der Waals surface area contributed by atoms with Crippen LogP contribution in [0, 0.1) is 11.6 Å². The Labute approximate surface area is 128 Å². The van der Waals surface area contributed by atoms with Gasteiger partial charge in [0.05, 0.1) is 11.3 Å². The number of carbonyl (C=O) groups is 3. The summed E-state index contributed by atoms with van der Waals surface area (Å²) in [7, 11) is 0. The molecule has 3 rings (SSSR count). The lowest BCUT2D eigenvalue weighted by atomic mass is 10.2. The van der Waals surface area contributed by atoms with Crippen LogP contribution < -0.4 is 5.32 Å². The third-order valence-corrected chi connectivity index (χ3v) is 3.24. The molecule has 0 bridgehead atoms. The monoisotopic (exact) mass is 317 g/mol. The molecule has 0 saturated heterocycles. The fourth-order valence-corrected chi connectivity index (χ4v) is 2.18. The summed E-state index contributed by atoms with van der Waals surface area (Å²) in [5.74, 6) is -3.87. The smallest absolute Gasteiger partial charge is 0.280 e. The quantitative estimate of drug-likeness (QED) is 0.872. The van der Waals surface area contributed by atoms with Crippen molar-refractivity contribution < 1.29 is 23.2 Å². The molecular formula is C15H9F2N3O3. The van der Waals surface area contributed by atoms with E-state index in [0.717, 1.165) is 12.1 Å². The second kappa shape index (κ2) is 5.56. The summed E-state index contributed by atoms with van der Waals surface area (Å²) in [6, 6.07) is 5.57. The molecule has 0 radical (unpaired) electrons. The molecule has 3 amide bonds. The normalized spacial score (nSPS) is 13.2. The highest BCUT2D eigenvalue weighted by molar-refractivity contribution is 6.21. The van der Waals surface area contributed by atoms with Crippen LogP contribution in [0.4, 0.5) is 14.5 Å². The number of amides is 3. The van der Waals surface area contributed by atoms with Gasteiger partial charge in [0.15, 0.2) is 0 Å². The van der Waals surface area contributed by atoms with E-state index in [1.54, 1.807) is 0 Å². The fourth-order valence-electron chi connectivity index (χ4n) is 2.18. The number of fused-ring (bicyclic) bond motifs is 1. The molecule has 2 aromatic rings. The Morgan fingerprint density at radius 2 is 1.96 bits per heavy atom. The first-order chi connectivity index (χ1) is 11.0. The van der Waals surface area contributed by atoms with Gasteiger partial charge in [0.25, 0.3) is 11.8 Å². The zero-order valence-electron chi connectivity index (χ0n) is 11.5. The predicted molar refractivity (Wildman–Crippen MR) is 74.6 cm³/mol. The Bertz CT molecular complexity index is 803. The average molecular weight is 317 g/mol. The van der Waals surface area contributed by atoms with Gasteiger partial charge >= 0.3 is 0 Å². The summed E-state index contributed by atoms with van der Waals surface area (Å²) in [6.07, 6.45) is 1.36. The SMILES string of the molecule is O=C(CN1C(=O)c2cccnc2C1=O)Nc1ccc(F)cc1F. The number of rotatable bonds is 3. The first-order valence-corrected chi connectivity index (χ1v) is 6.53. The van der Waals surface area contributed by atoms with E-state index < -0.39 is 35.9 Å². The third-order valence-electron chi connectivity index (χ3n) is 3.24. The van der Waals surface area contributed by atoms with Gasteiger partial charge in [-0.25, -0.2) is 8.78 Å². The van der Waals surface area contributed by atoms with Crippen molar-refractivity contribution in [2.75, 3.05) is 11.9 Å². The number of benzene rings is 1. The maximum absolute atomic E-state index is 13.5. The fraction of sp³-hybridized carbons (Fsp3) is 0.0667. The van der Waals surface area contributed by atoms with Crippen molar-refractivity contribution in [1.29, 1.82) is 0 Å². The first kappa shape index (κ1) is 14.8. The van der Waals surface area contributed by atoms with E-state index in [2.05, 4.69) is 10.3 Å². The van der Waals surface area contributed by atoms with Crippen LogP contribution in [0.2, 0.25) is 0 Å².